The van der Waals surface area contributed by atoms with E-state index >= 15 is 0 Å². The second-order valence-electron chi connectivity index (χ2n) is 6.85. The molecular formula is C20H18N4OS. The number of rotatable bonds is 2. The lowest BCUT2D eigenvalue weighted by Crippen LogP contribution is -2.35. The molecule has 2 heterocycles. The molecule has 2 aromatic rings. The molecule has 1 atom stereocenters. The standard InChI is InChI=1S/C20H18N4OS/c25-19-17(8-12-4-7-16-18(9-12)26-11-21-16)23-20(24-19)22-15-6-5-13-2-1-3-14(13)10-15/h4,6-11,13H,1-3,5H2,(H2,22,23,24,25)/b17-8-. The molecule has 5 rings (SSSR count). The van der Waals surface area contributed by atoms with Gasteiger partial charge in [-0.25, -0.2) is 9.98 Å². The molecule has 2 aliphatic carbocycles. The number of aromatic nitrogens is 1. The van der Waals surface area contributed by atoms with Crippen LogP contribution < -0.4 is 10.6 Å². The van der Waals surface area contributed by atoms with Crippen molar-refractivity contribution in [3.05, 3.63) is 58.4 Å². The predicted molar refractivity (Wildman–Crippen MR) is 104 cm³/mol. The second-order valence-corrected chi connectivity index (χ2v) is 7.74. The number of carbonyl (C=O) groups is 1. The smallest absolute Gasteiger partial charge is 0.276 e. The minimum absolute atomic E-state index is 0.181. The van der Waals surface area contributed by atoms with Crippen LogP contribution in [-0.2, 0) is 4.79 Å². The first-order valence-corrected chi connectivity index (χ1v) is 9.75. The third kappa shape index (κ3) is 2.86. The summed E-state index contributed by atoms with van der Waals surface area (Å²) in [7, 11) is 0. The molecule has 26 heavy (non-hydrogen) atoms. The average Bonchev–Trinajstić information content (AvgIpc) is 3.35. The molecule has 2 N–H and O–H groups in total. The summed E-state index contributed by atoms with van der Waals surface area (Å²) in [4.78, 5) is 21.0. The monoisotopic (exact) mass is 362 g/mol. The Morgan fingerprint density at radius 3 is 3.27 bits per heavy atom. The van der Waals surface area contributed by atoms with Gasteiger partial charge in [0, 0.05) is 5.70 Å². The van der Waals surface area contributed by atoms with Crippen LogP contribution in [0.25, 0.3) is 16.3 Å². The molecule has 3 aliphatic rings. The van der Waals surface area contributed by atoms with Gasteiger partial charge in [0.05, 0.1) is 15.7 Å². The molecule has 1 unspecified atom stereocenters. The second kappa shape index (κ2) is 6.21. The van der Waals surface area contributed by atoms with Gasteiger partial charge in [0.1, 0.15) is 5.70 Å². The van der Waals surface area contributed by atoms with Crippen LogP contribution >= 0.6 is 11.3 Å². The van der Waals surface area contributed by atoms with Crippen LogP contribution in [0.15, 0.2) is 57.8 Å². The molecule has 1 aromatic carbocycles. The van der Waals surface area contributed by atoms with E-state index in [2.05, 4.69) is 32.8 Å². The Balaban J connectivity index is 1.36. The zero-order valence-corrected chi connectivity index (χ0v) is 15.0. The largest absolute Gasteiger partial charge is 0.326 e. The molecule has 0 radical (unpaired) electrons. The number of thiazole rings is 1. The van der Waals surface area contributed by atoms with Gasteiger partial charge in [-0.2, -0.15) is 0 Å². The van der Waals surface area contributed by atoms with Crippen molar-refractivity contribution in [2.75, 3.05) is 0 Å². The topological polar surface area (TPSA) is 66.4 Å². The molecule has 1 aromatic heterocycles. The number of aliphatic imine (C=N–C) groups is 1. The Morgan fingerprint density at radius 1 is 1.35 bits per heavy atom. The van der Waals surface area contributed by atoms with Crippen LogP contribution in [0.5, 0.6) is 0 Å². The van der Waals surface area contributed by atoms with Gasteiger partial charge >= 0.3 is 0 Å². The first-order chi connectivity index (χ1) is 12.7. The van der Waals surface area contributed by atoms with Crippen molar-refractivity contribution < 1.29 is 4.79 Å². The highest BCUT2D eigenvalue weighted by atomic mass is 32.1. The van der Waals surface area contributed by atoms with E-state index < -0.39 is 0 Å². The van der Waals surface area contributed by atoms with Gasteiger partial charge in [-0.15, -0.1) is 11.3 Å². The Bertz CT molecular complexity index is 1030. The van der Waals surface area contributed by atoms with Crippen LogP contribution in [0.4, 0.5) is 0 Å². The number of allylic oxidation sites excluding steroid dienone is 3. The van der Waals surface area contributed by atoms with Gasteiger partial charge in [0.25, 0.3) is 5.91 Å². The first kappa shape index (κ1) is 15.5. The van der Waals surface area contributed by atoms with Crippen molar-refractivity contribution in [2.24, 2.45) is 10.9 Å². The van der Waals surface area contributed by atoms with Crippen LogP contribution in [0.1, 0.15) is 31.2 Å². The van der Waals surface area contributed by atoms with E-state index in [1.165, 1.54) is 24.8 Å². The van der Waals surface area contributed by atoms with Crippen LogP contribution in [0.3, 0.4) is 0 Å². The van der Waals surface area contributed by atoms with Crippen molar-refractivity contribution in [3.63, 3.8) is 0 Å². The van der Waals surface area contributed by atoms with Crippen LogP contribution in [0, 0.1) is 5.92 Å². The summed E-state index contributed by atoms with van der Waals surface area (Å²) in [5.74, 6) is 1.04. The summed E-state index contributed by atoms with van der Waals surface area (Å²) >= 11 is 1.59. The number of nitrogens with zero attached hydrogens (tertiary/aromatic N) is 2. The van der Waals surface area contributed by atoms with Gasteiger partial charge in [-0.3, -0.25) is 10.1 Å². The van der Waals surface area contributed by atoms with E-state index in [0.29, 0.717) is 11.7 Å². The number of fused-ring (bicyclic) bond motifs is 2. The van der Waals surface area contributed by atoms with Crippen LogP contribution in [0.2, 0.25) is 0 Å². The number of benzene rings is 1. The van der Waals surface area contributed by atoms with Crippen molar-refractivity contribution in [1.82, 2.24) is 15.6 Å². The molecule has 1 fully saturated rings. The fraction of sp³-hybridized carbons (Fsp3) is 0.250. The van der Waals surface area contributed by atoms with Gasteiger partial charge in [0.2, 0.25) is 5.96 Å². The maximum absolute atomic E-state index is 12.2. The van der Waals surface area contributed by atoms with Crippen LogP contribution in [-0.4, -0.2) is 16.9 Å². The number of hydrogen-bond acceptors (Lipinski definition) is 5. The number of hydrogen-bond donors (Lipinski definition) is 2. The maximum Gasteiger partial charge on any atom is 0.276 e. The van der Waals surface area contributed by atoms with E-state index in [9.17, 15) is 4.79 Å². The molecule has 130 valence electrons. The fourth-order valence-corrected chi connectivity index (χ4v) is 4.53. The maximum atomic E-state index is 12.2. The summed E-state index contributed by atoms with van der Waals surface area (Å²) in [6, 6.07) is 5.95. The Labute approximate surface area is 155 Å². The molecule has 1 amide bonds. The molecule has 5 nitrogen and oxygen atoms in total. The van der Waals surface area contributed by atoms with E-state index in [1.54, 1.807) is 11.3 Å². The van der Waals surface area contributed by atoms with E-state index in [0.717, 1.165) is 33.8 Å². The molecular weight excluding hydrogens is 344 g/mol. The van der Waals surface area contributed by atoms with E-state index in [4.69, 9.17) is 0 Å². The summed E-state index contributed by atoms with van der Waals surface area (Å²) in [5, 5.41) is 6.07. The summed E-state index contributed by atoms with van der Waals surface area (Å²) in [5.41, 5.74) is 6.72. The van der Waals surface area contributed by atoms with Crippen molar-refractivity contribution in [2.45, 2.75) is 25.7 Å². The Hall–Kier alpha value is -2.73. The number of guanidine groups is 1. The number of carbonyl (C=O) groups excluding carboxylic acids is 1. The zero-order valence-electron chi connectivity index (χ0n) is 14.2. The molecule has 0 saturated heterocycles. The summed E-state index contributed by atoms with van der Waals surface area (Å²) in [6.07, 6.45) is 11.1. The lowest BCUT2D eigenvalue weighted by Gasteiger charge is -2.17. The third-order valence-corrected chi connectivity index (χ3v) is 5.92. The van der Waals surface area contributed by atoms with E-state index in [1.807, 2.05) is 29.8 Å². The fourth-order valence-electron chi connectivity index (χ4n) is 3.80. The minimum atomic E-state index is -0.181. The number of nitrogens with one attached hydrogen (secondary N) is 2. The molecule has 0 spiro atoms. The third-order valence-electron chi connectivity index (χ3n) is 5.12. The molecule has 6 heteroatoms. The summed E-state index contributed by atoms with van der Waals surface area (Å²) in [6.45, 7) is 0. The number of amides is 1. The molecule has 0 bridgehead atoms. The lowest BCUT2D eigenvalue weighted by atomic mass is 9.93. The quantitative estimate of drug-likeness (QED) is 0.800. The first-order valence-electron chi connectivity index (χ1n) is 8.87. The molecule has 1 saturated carbocycles. The van der Waals surface area contributed by atoms with Gasteiger partial charge in [0.15, 0.2) is 0 Å². The highest BCUT2D eigenvalue weighted by Gasteiger charge is 2.25. The highest BCUT2D eigenvalue weighted by Crippen LogP contribution is 2.37. The van der Waals surface area contributed by atoms with Crippen molar-refractivity contribution in [3.8, 4) is 0 Å². The zero-order chi connectivity index (χ0) is 17.5. The average molecular weight is 362 g/mol. The van der Waals surface area contributed by atoms with Crippen molar-refractivity contribution in [1.29, 1.82) is 0 Å². The predicted octanol–water partition coefficient (Wildman–Crippen LogP) is 3.73. The van der Waals surface area contributed by atoms with Gasteiger partial charge < -0.3 is 5.32 Å². The normalized spacial score (nSPS) is 23.5. The van der Waals surface area contributed by atoms with Crippen molar-refractivity contribution >= 4 is 39.5 Å². The minimum Gasteiger partial charge on any atom is -0.326 e. The van der Waals surface area contributed by atoms with E-state index in [-0.39, 0.29) is 5.91 Å². The lowest BCUT2D eigenvalue weighted by molar-refractivity contribution is -0.115. The summed E-state index contributed by atoms with van der Waals surface area (Å²) < 4.78 is 1.10. The molecule has 1 aliphatic heterocycles. The SMILES string of the molecule is O=C1NC(NC2=CCC3CCCC3=C2)=N/C1=C\c1ccc2ncsc2c1. The Kier molecular flexibility index (Phi) is 3.71. The highest BCUT2D eigenvalue weighted by molar-refractivity contribution is 7.16. The van der Waals surface area contributed by atoms with Gasteiger partial charge in [-0.1, -0.05) is 17.7 Å². The van der Waals surface area contributed by atoms with Gasteiger partial charge in [-0.05, 0) is 61.4 Å². The Morgan fingerprint density at radius 2 is 2.31 bits per heavy atom.